The maximum absolute atomic E-state index is 13.1. The van der Waals surface area contributed by atoms with Crippen LogP contribution in [0.5, 0.6) is 11.5 Å². The van der Waals surface area contributed by atoms with Crippen LogP contribution in [0, 0.1) is 0 Å². The second-order valence-corrected chi connectivity index (χ2v) is 7.27. The molecule has 2 fully saturated rings. The van der Waals surface area contributed by atoms with E-state index in [2.05, 4.69) is 5.32 Å². The van der Waals surface area contributed by atoms with E-state index >= 15 is 0 Å². The van der Waals surface area contributed by atoms with Gasteiger partial charge in [0.1, 0.15) is 23.6 Å². The summed E-state index contributed by atoms with van der Waals surface area (Å²) in [4.78, 5) is 27.5. The first-order chi connectivity index (χ1) is 13.6. The molecule has 4 rings (SSSR count). The number of likely N-dealkylation sites (tertiary alicyclic amines) is 1. The summed E-state index contributed by atoms with van der Waals surface area (Å²) < 4.78 is 11.2. The van der Waals surface area contributed by atoms with E-state index < -0.39 is 6.04 Å². The summed E-state index contributed by atoms with van der Waals surface area (Å²) in [7, 11) is 1.58. The van der Waals surface area contributed by atoms with Crippen molar-refractivity contribution < 1.29 is 19.1 Å². The number of benzene rings is 2. The number of carbonyl (C=O) groups is 2. The van der Waals surface area contributed by atoms with Crippen molar-refractivity contribution in [1.29, 1.82) is 0 Å². The number of hydrogen-bond donors (Lipinski definition) is 1. The van der Waals surface area contributed by atoms with Gasteiger partial charge in [-0.1, -0.05) is 18.2 Å². The van der Waals surface area contributed by atoms with Gasteiger partial charge in [-0.15, -0.1) is 0 Å². The van der Waals surface area contributed by atoms with Gasteiger partial charge in [-0.2, -0.15) is 0 Å². The number of nitrogens with zero attached hydrogens (tertiary/aromatic N) is 1. The van der Waals surface area contributed by atoms with E-state index in [1.54, 1.807) is 36.3 Å². The molecule has 0 aromatic heterocycles. The zero-order valence-electron chi connectivity index (χ0n) is 15.8. The number of rotatable bonds is 6. The highest BCUT2D eigenvalue weighted by Crippen LogP contribution is 2.27. The van der Waals surface area contributed by atoms with Crippen LogP contribution in [0.25, 0.3) is 0 Å². The molecule has 0 spiro atoms. The molecule has 0 radical (unpaired) electrons. The maximum Gasteiger partial charge on any atom is 0.254 e. The first-order valence-corrected chi connectivity index (χ1v) is 9.61. The molecule has 2 aromatic carbocycles. The summed E-state index contributed by atoms with van der Waals surface area (Å²) in [5, 5.41) is 3.03. The summed E-state index contributed by atoms with van der Waals surface area (Å²) in [6.07, 6.45) is 2.28. The monoisotopic (exact) mass is 380 g/mol. The maximum atomic E-state index is 13.1. The van der Waals surface area contributed by atoms with Gasteiger partial charge in [0.25, 0.3) is 5.91 Å². The molecule has 2 aromatic rings. The van der Waals surface area contributed by atoms with Crippen molar-refractivity contribution >= 4 is 11.8 Å². The average Bonchev–Trinajstić information content (AvgIpc) is 3.44. The third-order valence-corrected chi connectivity index (χ3v) is 5.13. The lowest BCUT2D eigenvalue weighted by molar-refractivity contribution is -0.125. The zero-order chi connectivity index (χ0) is 19.5. The third kappa shape index (κ3) is 4.11. The van der Waals surface area contributed by atoms with E-state index in [-0.39, 0.29) is 24.0 Å². The van der Waals surface area contributed by atoms with Crippen molar-refractivity contribution in [3.8, 4) is 11.5 Å². The van der Waals surface area contributed by atoms with E-state index in [9.17, 15) is 9.59 Å². The molecule has 1 N–H and O–H groups in total. The molecule has 0 unspecified atom stereocenters. The van der Waals surface area contributed by atoms with Crippen molar-refractivity contribution in [2.75, 3.05) is 13.7 Å². The number of hydrogen-bond acceptors (Lipinski definition) is 4. The number of para-hydroxylation sites is 1. The quantitative estimate of drug-likeness (QED) is 0.837. The molecule has 6 heteroatoms. The van der Waals surface area contributed by atoms with Crippen LogP contribution < -0.4 is 14.8 Å². The molecule has 1 saturated heterocycles. The summed E-state index contributed by atoms with van der Waals surface area (Å²) in [6.45, 7) is 0.377. The Morgan fingerprint density at radius 2 is 1.71 bits per heavy atom. The summed E-state index contributed by atoms with van der Waals surface area (Å²) in [6, 6.07) is 16.2. The van der Waals surface area contributed by atoms with E-state index in [0.717, 1.165) is 18.6 Å². The van der Waals surface area contributed by atoms with Gasteiger partial charge in [-0.25, -0.2) is 0 Å². The highest BCUT2D eigenvalue weighted by molar-refractivity contribution is 5.98. The van der Waals surface area contributed by atoms with Gasteiger partial charge < -0.3 is 19.7 Å². The van der Waals surface area contributed by atoms with Gasteiger partial charge in [0.2, 0.25) is 5.91 Å². The standard InChI is InChI=1S/C22H24N2O4/c1-27-17-11-7-15(8-12-17)22(26)24-14-19(28-18-5-3-2-4-6-18)13-20(24)21(25)23-16-9-10-16/h2-8,11-12,16,19-20H,9-10,13-14H2,1H3,(H,23,25)/t19-,20-/m0/s1. The normalized spacial score (nSPS) is 21.2. The first kappa shape index (κ1) is 18.3. The van der Waals surface area contributed by atoms with Gasteiger partial charge in [0.05, 0.1) is 13.7 Å². The van der Waals surface area contributed by atoms with Crippen LogP contribution in [-0.4, -0.2) is 48.6 Å². The van der Waals surface area contributed by atoms with Crippen molar-refractivity contribution in [2.45, 2.75) is 37.5 Å². The van der Waals surface area contributed by atoms with Crippen LogP contribution in [-0.2, 0) is 4.79 Å². The molecule has 1 aliphatic heterocycles. The second kappa shape index (κ2) is 7.92. The van der Waals surface area contributed by atoms with Gasteiger partial charge >= 0.3 is 0 Å². The highest BCUT2D eigenvalue weighted by atomic mass is 16.5. The second-order valence-electron chi connectivity index (χ2n) is 7.27. The van der Waals surface area contributed by atoms with Crippen LogP contribution in [0.1, 0.15) is 29.6 Å². The zero-order valence-corrected chi connectivity index (χ0v) is 15.8. The molecule has 1 saturated carbocycles. The Bertz CT molecular complexity index is 833. The Balaban J connectivity index is 1.52. The smallest absolute Gasteiger partial charge is 0.254 e. The van der Waals surface area contributed by atoms with Crippen LogP contribution in [0.3, 0.4) is 0 Å². The Labute approximate surface area is 164 Å². The van der Waals surface area contributed by atoms with E-state index in [0.29, 0.717) is 24.3 Å². The SMILES string of the molecule is COc1ccc(C(=O)N2C[C@@H](Oc3ccccc3)C[C@H]2C(=O)NC2CC2)cc1. The lowest BCUT2D eigenvalue weighted by Gasteiger charge is -2.23. The molecule has 2 atom stereocenters. The van der Waals surface area contributed by atoms with Gasteiger partial charge in [0, 0.05) is 18.0 Å². The Hall–Kier alpha value is -3.02. The fourth-order valence-corrected chi connectivity index (χ4v) is 3.47. The molecular formula is C22H24N2O4. The third-order valence-electron chi connectivity index (χ3n) is 5.13. The van der Waals surface area contributed by atoms with Crippen LogP contribution in [0.2, 0.25) is 0 Å². The predicted octanol–water partition coefficient (Wildman–Crippen LogP) is 2.64. The van der Waals surface area contributed by atoms with Crippen molar-refractivity contribution in [3.05, 3.63) is 60.2 Å². The van der Waals surface area contributed by atoms with E-state index in [4.69, 9.17) is 9.47 Å². The van der Waals surface area contributed by atoms with Gasteiger partial charge in [-0.05, 0) is 49.2 Å². The largest absolute Gasteiger partial charge is 0.497 e. The lowest BCUT2D eigenvalue weighted by Crippen LogP contribution is -2.46. The molecule has 0 bridgehead atoms. The number of ether oxygens (including phenoxy) is 2. The van der Waals surface area contributed by atoms with Crippen molar-refractivity contribution in [3.63, 3.8) is 0 Å². The highest BCUT2D eigenvalue weighted by Gasteiger charge is 2.42. The lowest BCUT2D eigenvalue weighted by atomic mass is 10.1. The fourth-order valence-electron chi connectivity index (χ4n) is 3.47. The molecule has 28 heavy (non-hydrogen) atoms. The topological polar surface area (TPSA) is 67.9 Å². The van der Waals surface area contributed by atoms with Crippen LogP contribution in [0.4, 0.5) is 0 Å². The minimum absolute atomic E-state index is 0.0940. The molecule has 146 valence electrons. The van der Waals surface area contributed by atoms with Crippen LogP contribution >= 0.6 is 0 Å². The van der Waals surface area contributed by atoms with Crippen molar-refractivity contribution in [1.82, 2.24) is 10.2 Å². The number of carbonyl (C=O) groups excluding carboxylic acids is 2. The Kier molecular flexibility index (Phi) is 5.19. The average molecular weight is 380 g/mol. The number of amides is 2. The first-order valence-electron chi connectivity index (χ1n) is 9.61. The molecule has 2 amide bonds. The number of methoxy groups -OCH3 is 1. The van der Waals surface area contributed by atoms with E-state index in [1.807, 2.05) is 30.3 Å². The minimum atomic E-state index is -0.524. The van der Waals surface area contributed by atoms with E-state index in [1.165, 1.54) is 0 Å². The molecule has 1 aliphatic carbocycles. The summed E-state index contributed by atoms with van der Waals surface area (Å²) >= 11 is 0. The molecule has 6 nitrogen and oxygen atoms in total. The summed E-state index contributed by atoms with van der Waals surface area (Å²) in [5.41, 5.74) is 0.533. The Morgan fingerprint density at radius 3 is 2.36 bits per heavy atom. The van der Waals surface area contributed by atoms with Gasteiger partial charge in [0.15, 0.2) is 0 Å². The van der Waals surface area contributed by atoms with Gasteiger partial charge in [-0.3, -0.25) is 9.59 Å². The predicted molar refractivity (Wildman–Crippen MR) is 104 cm³/mol. The number of nitrogens with one attached hydrogen (secondary N) is 1. The molecular weight excluding hydrogens is 356 g/mol. The summed E-state index contributed by atoms with van der Waals surface area (Å²) in [5.74, 6) is 1.17. The Morgan fingerprint density at radius 1 is 1.00 bits per heavy atom. The molecule has 2 aliphatic rings. The molecule has 1 heterocycles. The minimum Gasteiger partial charge on any atom is -0.497 e. The van der Waals surface area contributed by atoms with Crippen molar-refractivity contribution in [2.24, 2.45) is 0 Å². The fraction of sp³-hybridized carbons (Fsp3) is 0.364. The van der Waals surface area contributed by atoms with Crippen LogP contribution in [0.15, 0.2) is 54.6 Å².